The highest BCUT2D eigenvalue weighted by atomic mass is 79.9. The third kappa shape index (κ3) is 5.49. The molecule has 0 fully saturated rings. The zero-order valence-corrected chi connectivity index (χ0v) is 14.3. The lowest BCUT2D eigenvalue weighted by Gasteiger charge is -2.16. The second-order valence-electron chi connectivity index (χ2n) is 4.95. The quantitative estimate of drug-likeness (QED) is 0.570. The summed E-state index contributed by atoms with van der Waals surface area (Å²) in [7, 11) is 1.27. The number of halogens is 1. The van der Waals surface area contributed by atoms with Gasteiger partial charge in [0.15, 0.2) is 0 Å². The fourth-order valence-electron chi connectivity index (χ4n) is 1.90. The molecule has 0 bridgehead atoms. The number of rotatable bonds is 8. The molecule has 6 nitrogen and oxygen atoms in total. The summed E-state index contributed by atoms with van der Waals surface area (Å²) in [6, 6.07) is 0.255. The summed E-state index contributed by atoms with van der Waals surface area (Å²) in [4.78, 5) is 23.3. The summed E-state index contributed by atoms with van der Waals surface area (Å²) in [6.07, 6.45) is 6.11. The second-order valence-corrected chi connectivity index (χ2v) is 5.75. The lowest BCUT2D eigenvalue weighted by Crippen LogP contribution is -2.29. The average Bonchev–Trinajstić information content (AvgIpc) is 2.47. The summed E-state index contributed by atoms with van der Waals surface area (Å²) in [5.41, 5.74) is 0.288. The molecule has 0 aromatic carbocycles. The van der Waals surface area contributed by atoms with Gasteiger partial charge < -0.3 is 10.1 Å². The highest BCUT2D eigenvalue weighted by molar-refractivity contribution is 9.10. The van der Waals surface area contributed by atoms with Crippen LogP contribution in [-0.4, -0.2) is 28.9 Å². The molecule has 1 unspecified atom stereocenters. The van der Waals surface area contributed by atoms with Crippen molar-refractivity contribution in [3.63, 3.8) is 0 Å². The first kappa shape index (κ1) is 17.7. The molecule has 1 atom stereocenters. The Labute approximate surface area is 133 Å². The van der Waals surface area contributed by atoms with Crippen LogP contribution >= 0.6 is 15.9 Å². The van der Waals surface area contributed by atoms with Crippen molar-refractivity contribution in [2.45, 2.75) is 52.1 Å². The SMILES string of the molecule is CCCCCC(C)Nc1cnn(CC(=O)OC)c(=O)c1Br. The number of nitrogens with one attached hydrogen (secondary N) is 1. The van der Waals surface area contributed by atoms with Gasteiger partial charge in [0.05, 0.1) is 19.0 Å². The van der Waals surface area contributed by atoms with Gasteiger partial charge >= 0.3 is 5.97 Å². The van der Waals surface area contributed by atoms with Gasteiger partial charge in [0.25, 0.3) is 5.56 Å². The molecule has 0 aliphatic rings. The first-order valence-electron chi connectivity index (χ1n) is 7.08. The Morgan fingerprint density at radius 2 is 2.24 bits per heavy atom. The number of unbranched alkanes of at least 4 members (excludes halogenated alkanes) is 2. The second kappa shape index (κ2) is 8.81. The van der Waals surface area contributed by atoms with E-state index in [-0.39, 0.29) is 18.1 Å². The zero-order chi connectivity index (χ0) is 15.8. The van der Waals surface area contributed by atoms with Crippen LogP contribution in [-0.2, 0) is 16.1 Å². The Morgan fingerprint density at radius 3 is 2.86 bits per heavy atom. The van der Waals surface area contributed by atoms with E-state index in [9.17, 15) is 9.59 Å². The van der Waals surface area contributed by atoms with Crippen LogP contribution < -0.4 is 10.9 Å². The molecular weight excluding hydrogens is 338 g/mol. The monoisotopic (exact) mass is 359 g/mol. The number of anilines is 1. The van der Waals surface area contributed by atoms with Crippen LogP contribution in [0.1, 0.15) is 39.5 Å². The van der Waals surface area contributed by atoms with E-state index in [4.69, 9.17) is 0 Å². The highest BCUT2D eigenvalue weighted by Gasteiger charge is 2.13. The first-order valence-corrected chi connectivity index (χ1v) is 7.87. The van der Waals surface area contributed by atoms with E-state index in [0.29, 0.717) is 10.2 Å². The Kier molecular flexibility index (Phi) is 7.42. The van der Waals surface area contributed by atoms with Crippen molar-refractivity contribution in [3.05, 3.63) is 21.0 Å². The maximum absolute atomic E-state index is 12.1. The largest absolute Gasteiger partial charge is 0.468 e. The van der Waals surface area contributed by atoms with Crippen molar-refractivity contribution in [3.8, 4) is 0 Å². The van der Waals surface area contributed by atoms with Gasteiger partial charge in [-0.1, -0.05) is 26.2 Å². The van der Waals surface area contributed by atoms with Crippen molar-refractivity contribution in [1.82, 2.24) is 9.78 Å². The van der Waals surface area contributed by atoms with Crippen LogP contribution in [0.4, 0.5) is 5.69 Å². The minimum atomic E-state index is -0.509. The molecule has 0 radical (unpaired) electrons. The Hall–Kier alpha value is -1.37. The van der Waals surface area contributed by atoms with Crippen LogP contribution in [0.5, 0.6) is 0 Å². The summed E-state index contributed by atoms with van der Waals surface area (Å²) < 4.78 is 5.98. The smallest absolute Gasteiger partial charge is 0.327 e. The molecule has 0 saturated heterocycles. The van der Waals surface area contributed by atoms with Crippen LogP contribution in [0.25, 0.3) is 0 Å². The zero-order valence-electron chi connectivity index (χ0n) is 12.7. The van der Waals surface area contributed by atoms with Crippen LogP contribution in [0.3, 0.4) is 0 Å². The van der Waals surface area contributed by atoms with Gasteiger partial charge in [-0.05, 0) is 29.3 Å². The predicted molar refractivity (Wildman–Crippen MR) is 85.4 cm³/mol. The summed E-state index contributed by atoms with van der Waals surface area (Å²) >= 11 is 3.27. The number of ether oxygens (including phenoxy) is 1. The summed E-state index contributed by atoms with van der Waals surface area (Å²) in [5, 5.41) is 7.25. The lowest BCUT2D eigenvalue weighted by atomic mass is 10.1. The maximum Gasteiger partial charge on any atom is 0.327 e. The Morgan fingerprint density at radius 1 is 1.52 bits per heavy atom. The molecule has 7 heteroatoms. The molecule has 1 heterocycles. The van der Waals surface area contributed by atoms with Crippen molar-refractivity contribution in [2.24, 2.45) is 0 Å². The molecular formula is C14H22BrN3O3. The third-order valence-corrected chi connectivity index (χ3v) is 3.90. The van der Waals surface area contributed by atoms with Gasteiger partial charge in [-0.15, -0.1) is 0 Å². The minimum absolute atomic E-state index is 0.194. The highest BCUT2D eigenvalue weighted by Crippen LogP contribution is 2.18. The molecule has 0 saturated carbocycles. The molecule has 1 aromatic heterocycles. The van der Waals surface area contributed by atoms with Crippen molar-refractivity contribution >= 4 is 27.6 Å². The minimum Gasteiger partial charge on any atom is -0.468 e. The van der Waals surface area contributed by atoms with Crippen molar-refractivity contribution in [2.75, 3.05) is 12.4 Å². The van der Waals surface area contributed by atoms with Gasteiger partial charge in [0.1, 0.15) is 11.0 Å². The number of esters is 1. The molecule has 118 valence electrons. The van der Waals surface area contributed by atoms with E-state index in [1.165, 1.54) is 20.0 Å². The number of methoxy groups -OCH3 is 1. The molecule has 21 heavy (non-hydrogen) atoms. The van der Waals surface area contributed by atoms with E-state index in [2.05, 4.69) is 44.9 Å². The van der Waals surface area contributed by atoms with Crippen molar-refractivity contribution < 1.29 is 9.53 Å². The van der Waals surface area contributed by atoms with E-state index >= 15 is 0 Å². The average molecular weight is 360 g/mol. The number of hydrogen-bond donors (Lipinski definition) is 1. The molecule has 0 aliphatic carbocycles. The summed E-state index contributed by atoms with van der Waals surface area (Å²) in [6.45, 7) is 4.04. The Bertz CT molecular complexity index is 531. The maximum atomic E-state index is 12.1. The molecule has 1 N–H and O–H groups in total. The van der Waals surface area contributed by atoms with Crippen LogP contribution in [0.2, 0.25) is 0 Å². The fraction of sp³-hybridized carbons (Fsp3) is 0.643. The van der Waals surface area contributed by atoms with E-state index < -0.39 is 5.97 Å². The van der Waals surface area contributed by atoms with E-state index in [1.54, 1.807) is 6.20 Å². The van der Waals surface area contributed by atoms with E-state index in [0.717, 1.165) is 17.5 Å². The fourth-order valence-corrected chi connectivity index (χ4v) is 2.32. The van der Waals surface area contributed by atoms with Crippen molar-refractivity contribution in [1.29, 1.82) is 0 Å². The number of carbonyl (C=O) groups excluding carboxylic acids is 1. The molecule has 1 aromatic rings. The van der Waals surface area contributed by atoms with Crippen LogP contribution in [0, 0.1) is 0 Å². The molecule has 0 amide bonds. The summed E-state index contributed by atoms with van der Waals surface area (Å²) in [5.74, 6) is -0.509. The van der Waals surface area contributed by atoms with Gasteiger partial charge in [-0.25, -0.2) is 4.68 Å². The molecule has 1 rings (SSSR count). The first-order chi connectivity index (χ1) is 9.99. The normalized spacial score (nSPS) is 12.0. The third-order valence-electron chi connectivity index (χ3n) is 3.13. The number of hydrogen-bond acceptors (Lipinski definition) is 5. The van der Waals surface area contributed by atoms with E-state index in [1.807, 2.05) is 0 Å². The van der Waals surface area contributed by atoms with Crippen LogP contribution in [0.15, 0.2) is 15.5 Å². The molecule has 0 spiro atoms. The molecule has 0 aliphatic heterocycles. The van der Waals surface area contributed by atoms with Gasteiger partial charge in [0.2, 0.25) is 0 Å². The number of aromatic nitrogens is 2. The standard InChI is InChI=1S/C14H22BrN3O3/c1-4-5-6-7-10(2)17-11-8-16-18(9-12(19)21-3)14(20)13(11)15/h8,10,17H,4-7,9H2,1-3H3. The number of carbonyl (C=O) groups is 1. The topological polar surface area (TPSA) is 73.2 Å². The Balaban J connectivity index is 2.75. The lowest BCUT2D eigenvalue weighted by molar-refractivity contribution is -0.141. The number of nitrogens with zero attached hydrogens (tertiary/aromatic N) is 2. The van der Waals surface area contributed by atoms with Gasteiger partial charge in [-0.2, -0.15) is 5.10 Å². The van der Waals surface area contributed by atoms with Gasteiger partial charge in [0, 0.05) is 6.04 Å². The predicted octanol–water partition coefficient (Wildman–Crippen LogP) is 2.56. The van der Waals surface area contributed by atoms with Gasteiger partial charge in [-0.3, -0.25) is 9.59 Å².